The zero-order valence-corrected chi connectivity index (χ0v) is 21.5. The number of hydrogen-bond acceptors (Lipinski definition) is 6. The third-order valence-corrected chi connectivity index (χ3v) is 9.73. The third kappa shape index (κ3) is 3.21. The van der Waals surface area contributed by atoms with Crippen molar-refractivity contribution in [1.82, 2.24) is 4.90 Å². The molecule has 2 aromatic rings. The van der Waals surface area contributed by atoms with Crippen molar-refractivity contribution in [2.24, 2.45) is 23.5 Å². The molecule has 0 bridgehead atoms. The Bertz CT molecular complexity index is 1530. The Hall–Kier alpha value is -3.76. The van der Waals surface area contributed by atoms with Crippen molar-refractivity contribution in [2.45, 2.75) is 28.5 Å². The van der Waals surface area contributed by atoms with Crippen LogP contribution in [0.1, 0.15) is 24.3 Å². The fourth-order valence-electron chi connectivity index (χ4n) is 6.69. The summed E-state index contributed by atoms with van der Waals surface area (Å²) in [6.45, 7) is 0. The lowest BCUT2D eigenvalue weighted by atomic mass is 9.56. The minimum Gasteiger partial charge on any atom is -0.508 e. The van der Waals surface area contributed by atoms with E-state index in [9.17, 15) is 33.5 Å². The number of phenolic OH excluding ortho intramolecular Hbond substituents is 1. The molecule has 12 heteroatoms. The molecule has 0 aromatic heterocycles. The molecule has 39 heavy (non-hydrogen) atoms. The minimum absolute atomic E-state index is 0.0531. The molecule has 3 N–H and O–H groups in total. The van der Waals surface area contributed by atoms with Crippen LogP contribution in [0.5, 0.6) is 5.75 Å². The van der Waals surface area contributed by atoms with E-state index in [0.717, 1.165) is 17.0 Å². The van der Waals surface area contributed by atoms with E-state index in [4.69, 9.17) is 28.9 Å². The van der Waals surface area contributed by atoms with Gasteiger partial charge < -0.3 is 10.8 Å². The van der Waals surface area contributed by atoms with Crippen LogP contribution >= 0.6 is 23.2 Å². The molecule has 2 aromatic carbocycles. The van der Waals surface area contributed by atoms with Gasteiger partial charge in [-0.05, 0) is 60.7 Å². The topological polar surface area (TPSA) is 138 Å². The molecule has 3 fully saturated rings. The number of hydrogen-bond donors (Lipinski definition) is 2. The summed E-state index contributed by atoms with van der Waals surface area (Å²) in [5, 5.41) is 10.3. The lowest BCUT2D eigenvalue weighted by molar-refractivity contribution is -0.136. The Kier molecular flexibility index (Phi) is 5.47. The Labute approximate surface area is 230 Å². The van der Waals surface area contributed by atoms with E-state index in [1.165, 1.54) is 30.3 Å². The fraction of sp³-hybridized carbons (Fsp3) is 0.296. The fourth-order valence-corrected chi connectivity index (χ4v) is 7.63. The van der Waals surface area contributed by atoms with Crippen LogP contribution in [0.3, 0.4) is 0 Å². The highest BCUT2D eigenvalue weighted by Crippen LogP contribution is 2.65. The highest BCUT2D eigenvalue weighted by molar-refractivity contribution is 6.58. The maximum atomic E-state index is 14.1. The number of rotatable bonds is 2. The monoisotopic (exact) mass is 571 g/mol. The van der Waals surface area contributed by atoms with Gasteiger partial charge >= 0.3 is 6.03 Å². The number of carbonyl (C=O) groups is 5. The van der Waals surface area contributed by atoms with Crippen molar-refractivity contribution in [2.75, 3.05) is 4.90 Å². The van der Waals surface area contributed by atoms with Gasteiger partial charge in [0.2, 0.25) is 11.8 Å². The summed E-state index contributed by atoms with van der Waals surface area (Å²) in [7, 11) is 0. The van der Waals surface area contributed by atoms with Crippen LogP contribution in [0.4, 0.5) is 14.9 Å². The van der Waals surface area contributed by atoms with E-state index < -0.39 is 68.9 Å². The SMILES string of the molecule is NC(=O)N1C(=O)C2CC=C3C(CC4(Cl)C(=O)N(c5ccc(F)cc5)C(=O)C4(Cl)C3c3cccc(O)c3)C2C1=O. The first kappa shape index (κ1) is 25.5. The first-order valence-corrected chi connectivity index (χ1v) is 12.9. The molecular formula is C27H20Cl2FN3O6. The number of fused-ring (bicyclic) bond motifs is 4. The van der Waals surface area contributed by atoms with E-state index in [1.807, 2.05) is 0 Å². The maximum Gasteiger partial charge on any atom is 0.328 e. The number of anilines is 1. The number of urea groups is 1. The minimum atomic E-state index is -2.11. The molecule has 200 valence electrons. The van der Waals surface area contributed by atoms with Crippen molar-refractivity contribution >= 4 is 58.5 Å². The summed E-state index contributed by atoms with van der Waals surface area (Å²) in [5.41, 5.74) is 6.22. The number of phenols is 1. The van der Waals surface area contributed by atoms with Crippen LogP contribution in [-0.2, 0) is 19.2 Å². The summed E-state index contributed by atoms with van der Waals surface area (Å²) in [6.07, 6.45) is 1.45. The van der Waals surface area contributed by atoms with Gasteiger partial charge in [-0.15, -0.1) is 23.2 Å². The molecule has 2 aliphatic carbocycles. The van der Waals surface area contributed by atoms with Gasteiger partial charge in [-0.1, -0.05) is 23.8 Å². The Morgan fingerprint density at radius 1 is 1.00 bits per heavy atom. The molecule has 2 saturated heterocycles. The molecule has 9 nitrogen and oxygen atoms in total. The van der Waals surface area contributed by atoms with Gasteiger partial charge in [-0.2, -0.15) is 4.90 Å². The van der Waals surface area contributed by atoms with E-state index in [-0.39, 0.29) is 24.3 Å². The third-order valence-electron chi connectivity index (χ3n) is 8.32. The summed E-state index contributed by atoms with van der Waals surface area (Å²) >= 11 is 14.3. The largest absolute Gasteiger partial charge is 0.508 e. The van der Waals surface area contributed by atoms with Crippen molar-refractivity contribution in [3.8, 4) is 5.75 Å². The number of likely N-dealkylation sites (tertiary alicyclic amines) is 1. The molecular weight excluding hydrogens is 552 g/mol. The average molecular weight is 572 g/mol. The van der Waals surface area contributed by atoms with E-state index in [0.29, 0.717) is 16.0 Å². The highest BCUT2D eigenvalue weighted by atomic mass is 35.5. The standard InChI is InChI=1S/C27H20Cl2FN3O6/c28-26-11-18-16(8-9-17-19(18)22(36)33(21(17)35)25(31)39)20(12-2-1-3-15(34)10-12)27(26,29)24(38)32(23(26)37)14-6-4-13(30)5-7-14/h1-8,10,17-20,34H,9,11H2,(H2,31,39). The van der Waals surface area contributed by atoms with Crippen LogP contribution in [0, 0.1) is 23.6 Å². The van der Waals surface area contributed by atoms with Crippen molar-refractivity contribution in [3.05, 3.63) is 71.6 Å². The van der Waals surface area contributed by atoms with Gasteiger partial charge in [0, 0.05) is 5.92 Å². The van der Waals surface area contributed by atoms with Crippen molar-refractivity contribution in [1.29, 1.82) is 0 Å². The van der Waals surface area contributed by atoms with Crippen LogP contribution in [0.15, 0.2) is 60.2 Å². The van der Waals surface area contributed by atoms with Crippen molar-refractivity contribution < 1.29 is 33.5 Å². The number of carbonyl (C=O) groups excluding carboxylic acids is 5. The molecule has 4 aliphatic rings. The Morgan fingerprint density at radius 2 is 1.69 bits per heavy atom. The summed E-state index contributed by atoms with van der Waals surface area (Å²) in [6, 6.07) is 9.41. The normalized spacial score (nSPS) is 33.6. The Morgan fingerprint density at radius 3 is 2.33 bits per heavy atom. The molecule has 6 atom stereocenters. The number of nitrogens with two attached hydrogens (primary N) is 1. The van der Waals surface area contributed by atoms with Gasteiger partial charge in [0.1, 0.15) is 11.6 Å². The number of benzene rings is 2. The number of primary amides is 1. The van der Waals surface area contributed by atoms with Gasteiger partial charge in [-0.25, -0.2) is 14.1 Å². The van der Waals surface area contributed by atoms with Crippen LogP contribution < -0.4 is 10.6 Å². The quantitative estimate of drug-likeness (QED) is 0.322. The smallest absolute Gasteiger partial charge is 0.328 e. The van der Waals surface area contributed by atoms with Crippen LogP contribution in [-0.4, -0.2) is 49.4 Å². The molecule has 6 amide bonds. The Balaban J connectivity index is 1.56. The van der Waals surface area contributed by atoms with E-state index in [1.54, 1.807) is 12.1 Å². The lowest BCUT2D eigenvalue weighted by Crippen LogP contribution is -2.60. The summed E-state index contributed by atoms with van der Waals surface area (Å²) in [5.74, 6) is -7.92. The zero-order valence-electron chi connectivity index (χ0n) is 20.0. The second kappa shape index (κ2) is 8.37. The number of imide groups is 4. The second-order valence-electron chi connectivity index (χ2n) is 10.2. The maximum absolute atomic E-state index is 14.1. The molecule has 6 rings (SSSR count). The summed E-state index contributed by atoms with van der Waals surface area (Å²) < 4.78 is 13.7. The molecule has 2 heterocycles. The lowest BCUT2D eigenvalue weighted by Gasteiger charge is -2.50. The number of alkyl halides is 2. The average Bonchev–Trinajstić information content (AvgIpc) is 3.23. The van der Waals surface area contributed by atoms with Crippen LogP contribution in [0.25, 0.3) is 0 Å². The predicted octanol–water partition coefficient (Wildman–Crippen LogP) is 3.17. The zero-order chi connectivity index (χ0) is 28.0. The second-order valence-corrected chi connectivity index (χ2v) is 11.4. The van der Waals surface area contributed by atoms with E-state index >= 15 is 0 Å². The first-order chi connectivity index (χ1) is 18.4. The number of halogens is 3. The molecule has 6 unspecified atom stereocenters. The molecule has 1 saturated carbocycles. The van der Waals surface area contributed by atoms with Crippen molar-refractivity contribution in [3.63, 3.8) is 0 Å². The van der Waals surface area contributed by atoms with E-state index in [2.05, 4.69) is 0 Å². The molecule has 2 aliphatic heterocycles. The number of aromatic hydroxyl groups is 1. The van der Waals surface area contributed by atoms with Gasteiger partial charge in [0.25, 0.3) is 11.8 Å². The predicted molar refractivity (Wildman–Crippen MR) is 136 cm³/mol. The van der Waals surface area contributed by atoms with Gasteiger partial charge in [0.15, 0.2) is 9.75 Å². The van der Waals surface area contributed by atoms with Gasteiger partial charge in [-0.3, -0.25) is 19.2 Å². The van der Waals surface area contributed by atoms with Gasteiger partial charge in [0.05, 0.1) is 17.5 Å². The summed E-state index contributed by atoms with van der Waals surface area (Å²) in [4.78, 5) is 63.3. The molecule has 0 spiro atoms. The number of amides is 6. The highest BCUT2D eigenvalue weighted by Gasteiger charge is 2.76. The first-order valence-electron chi connectivity index (χ1n) is 12.1. The molecule has 0 radical (unpaired) electrons. The van der Waals surface area contributed by atoms with Crippen LogP contribution in [0.2, 0.25) is 0 Å². The number of allylic oxidation sites excluding steroid dienone is 2. The number of nitrogens with zero attached hydrogens (tertiary/aromatic N) is 2.